The number of carbonyl (C=O) groups excluding carboxylic acids is 3. The van der Waals surface area contributed by atoms with Crippen molar-refractivity contribution in [2.45, 2.75) is 12.5 Å². The summed E-state index contributed by atoms with van der Waals surface area (Å²) in [7, 11) is 1.49. The third kappa shape index (κ3) is 3.31. The molecule has 0 saturated carbocycles. The van der Waals surface area contributed by atoms with Crippen LogP contribution in [-0.4, -0.2) is 30.0 Å². The lowest BCUT2D eigenvalue weighted by molar-refractivity contribution is -0.132. The second kappa shape index (κ2) is 6.67. The topological polar surface area (TPSA) is 87.7 Å². The van der Waals surface area contributed by atoms with E-state index in [1.807, 2.05) is 0 Å². The van der Waals surface area contributed by atoms with E-state index in [4.69, 9.17) is 4.74 Å². The molecule has 9 heteroatoms. The monoisotopic (exact) mass is 375 g/mol. The van der Waals surface area contributed by atoms with E-state index >= 15 is 0 Å². The minimum Gasteiger partial charge on any atom is -0.497 e. The maximum atomic E-state index is 13.3. The van der Waals surface area contributed by atoms with Crippen LogP contribution in [0.5, 0.6) is 5.75 Å². The van der Waals surface area contributed by atoms with Crippen LogP contribution in [0.2, 0.25) is 0 Å². The molecule has 7 nitrogen and oxygen atoms in total. The first kappa shape index (κ1) is 18.3. The molecule has 0 aromatic heterocycles. The first-order valence-corrected chi connectivity index (χ1v) is 7.83. The van der Waals surface area contributed by atoms with Crippen LogP contribution in [-0.2, 0) is 10.3 Å². The van der Waals surface area contributed by atoms with Gasteiger partial charge < -0.3 is 10.1 Å². The van der Waals surface area contributed by atoms with Gasteiger partial charge in [-0.1, -0.05) is 12.1 Å². The van der Waals surface area contributed by atoms with Crippen molar-refractivity contribution in [1.82, 2.24) is 15.8 Å². The number of imide groups is 1. The Bertz CT molecular complexity index is 912. The Morgan fingerprint density at radius 3 is 2.26 bits per heavy atom. The maximum Gasteiger partial charge on any atom is 0.344 e. The Morgan fingerprint density at radius 1 is 1.11 bits per heavy atom. The normalized spacial score (nSPS) is 19.0. The molecule has 0 bridgehead atoms. The highest BCUT2D eigenvalue weighted by Crippen LogP contribution is 2.29. The molecule has 2 aromatic rings. The Labute approximate surface area is 152 Å². The molecule has 1 atom stereocenters. The van der Waals surface area contributed by atoms with Gasteiger partial charge in [0.05, 0.1) is 7.11 Å². The van der Waals surface area contributed by atoms with Crippen molar-refractivity contribution in [3.63, 3.8) is 0 Å². The minimum atomic E-state index is -1.43. The predicted molar refractivity (Wildman–Crippen MR) is 89.5 cm³/mol. The summed E-state index contributed by atoms with van der Waals surface area (Å²) in [5, 5.41) is 2.98. The zero-order chi connectivity index (χ0) is 19.8. The summed E-state index contributed by atoms with van der Waals surface area (Å²) in [4.78, 5) is 37.1. The number of rotatable bonds is 4. The largest absolute Gasteiger partial charge is 0.497 e. The number of hydrazine groups is 1. The van der Waals surface area contributed by atoms with E-state index in [2.05, 4.69) is 10.7 Å². The van der Waals surface area contributed by atoms with E-state index in [0.29, 0.717) is 22.4 Å². The smallest absolute Gasteiger partial charge is 0.344 e. The first-order valence-electron chi connectivity index (χ1n) is 7.83. The fourth-order valence-electron chi connectivity index (χ4n) is 2.71. The van der Waals surface area contributed by atoms with Crippen LogP contribution >= 0.6 is 0 Å². The summed E-state index contributed by atoms with van der Waals surface area (Å²) in [6.07, 6.45) is 0. The molecular weight excluding hydrogens is 360 g/mol. The van der Waals surface area contributed by atoms with Gasteiger partial charge in [-0.3, -0.25) is 15.0 Å². The van der Waals surface area contributed by atoms with Crippen molar-refractivity contribution < 1.29 is 27.9 Å². The molecular formula is C18H15F2N3O4. The fourth-order valence-corrected chi connectivity index (χ4v) is 2.71. The van der Waals surface area contributed by atoms with E-state index in [1.165, 1.54) is 14.0 Å². The molecule has 1 aliphatic rings. The van der Waals surface area contributed by atoms with E-state index < -0.39 is 35.0 Å². The number of ether oxygens (including phenoxy) is 1. The van der Waals surface area contributed by atoms with Crippen LogP contribution < -0.4 is 15.5 Å². The number of benzene rings is 2. The summed E-state index contributed by atoms with van der Waals surface area (Å²) < 4.78 is 31.6. The van der Waals surface area contributed by atoms with E-state index in [9.17, 15) is 23.2 Å². The third-order valence-corrected chi connectivity index (χ3v) is 4.20. The van der Waals surface area contributed by atoms with Gasteiger partial charge in [0.25, 0.3) is 11.8 Å². The van der Waals surface area contributed by atoms with Crippen molar-refractivity contribution in [3.8, 4) is 5.75 Å². The Kier molecular flexibility index (Phi) is 4.52. The highest BCUT2D eigenvalue weighted by Gasteiger charge is 2.50. The quantitative estimate of drug-likeness (QED) is 0.801. The molecule has 4 amide bonds. The molecule has 2 N–H and O–H groups in total. The standard InChI is InChI=1S/C18H15F2N3O4/c1-18(11-3-5-14(27-2)6-4-11)16(25)23(17(26)21-18)22-15(24)10-7-12(19)9-13(20)8-10/h3-9H,1-2H3,(H,21,26)(H,22,24)/t18-/m1/s1. The predicted octanol–water partition coefficient (Wildman–Crippen LogP) is 2.09. The average Bonchev–Trinajstić information content (AvgIpc) is 2.85. The summed E-state index contributed by atoms with van der Waals surface area (Å²) in [5.74, 6) is -3.10. The first-order chi connectivity index (χ1) is 12.7. The maximum absolute atomic E-state index is 13.3. The molecule has 0 radical (unpaired) electrons. The number of amides is 4. The Morgan fingerprint density at radius 2 is 1.70 bits per heavy atom. The molecule has 1 aliphatic heterocycles. The van der Waals surface area contributed by atoms with Crippen molar-refractivity contribution in [2.75, 3.05) is 7.11 Å². The van der Waals surface area contributed by atoms with Gasteiger partial charge in [-0.2, -0.15) is 5.01 Å². The molecule has 0 aliphatic carbocycles. The van der Waals surface area contributed by atoms with Gasteiger partial charge in [-0.15, -0.1) is 0 Å². The molecule has 3 rings (SSSR count). The second-order valence-electron chi connectivity index (χ2n) is 6.02. The molecule has 2 aromatic carbocycles. The number of hydrogen-bond acceptors (Lipinski definition) is 4. The summed E-state index contributed by atoms with van der Waals surface area (Å²) in [5.41, 5.74) is 0.743. The van der Waals surface area contributed by atoms with E-state index in [1.54, 1.807) is 24.3 Å². The number of nitrogens with one attached hydrogen (secondary N) is 2. The van der Waals surface area contributed by atoms with Gasteiger partial charge in [0, 0.05) is 11.6 Å². The number of carbonyl (C=O) groups is 3. The Hall–Kier alpha value is -3.49. The summed E-state index contributed by atoms with van der Waals surface area (Å²) in [6.45, 7) is 1.48. The van der Waals surface area contributed by atoms with Crippen molar-refractivity contribution in [3.05, 3.63) is 65.2 Å². The number of halogens is 2. The van der Waals surface area contributed by atoms with E-state index in [0.717, 1.165) is 12.1 Å². The van der Waals surface area contributed by atoms with E-state index in [-0.39, 0.29) is 5.56 Å². The summed E-state index contributed by atoms with van der Waals surface area (Å²) in [6, 6.07) is 7.76. The van der Waals surface area contributed by atoms with Gasteiger partial charge in [-0.25, -0.2) is 13.6 Å². The lowest BCUT2D eigenvalue weighted by atomic mass is 9.92. The van der Waals surface area contributed by atoms with Crippen LogP contribution in [0.3, 0.4) is 0 Å². The van der Waals surface area contributed by atoms with Gasteiger partial charge in [0.2, 0.25) is 0 Å². The summed E-state index contributed by atoms with van der Waals surface area (Å²) >= 11 is 0. The molecule has 1 saturated heterocycles. The van der Waals surface area contributed by atoms with Gasteiger partial charge in [-0.05, 0) is 36.8 Å². The van der Waals surface area contributed by atoms with Crippen LogP contribution in [0.1, 0.15) is 22.8 Å². The van der Waals surface area contributed by atoms with Gasteiger partial charge in [0.1, 0.15) is 22.9 Å². The van der Waals surface area contributed by atoms with Crippen LogP contribution in [0.25, 0.3) is 0 Å². The molecule has 0 spiro atoms. The number of methoxy groups -OCH3 is 1. The highest BCUT2D eigenvalue weighted by atomic mass is 19.1. The zero-order valence-electron chi connectivity index (χ0n) is 14.4. The van der Waals surface area contributed by atoms with Crippen LogP contribution in [0.15, 0.2) is 42.5 Å². The SMILES string of the molecule is COc1ccc([C@@]2(C)NC(=O)N(NC(=O)c3cc(F)cc(F)c3)C2=O)cc1. The fraction of sp³-hybridized carbons (Fsp3) is 0.167. The number of nitrogens with zero attached hydrogens (tertiary/aromatic N) is 1. The third-order valence-electron chi connectivity index (χ3n) is 4.20. The van der Waals surface area contributed by atoms with Gasteiger partial charge in [0.15, 0.2) is 0 Å². The number of hydrogen-bond donors (Lipinski definition) is 2. The van der Waals surface area contributed by atoms with Crippen molar-refractivity contribution >= 4 is 17.8 Å². The number of urea groups is 1. The molecule has 1 fully saturated rings. The van der Waals surface area contributed by atoms with Gasteiger partial charge >= 0.3 is 6.03 Å². The van der Waals surface area contributed by atoms with Crippen LogP contribution in [0, 0.1) is 11.6 Å². The highest BCUT2D eigenvalue weighted by molar-refractivity contribution is 6.09. The van der Waals surface area contributed by atoms with Crippen LogP contribution in [0.4, 0.5) is 13.6 Å². The average molecular weight is 375 g/mol. The lowest BCUT2D eigenvalue weighted by Crippen LogP contribution is -2.48. The molecule has 0 unspecified atom stereocenters. The zero-order valence-corrected chi connectivity index (χ0v) is 14.4. The van der Waals surface area contributed by atoms with Crippen molar-refractivity contribution in [1.29, 1.82) is 0 Å². The molecule has 140 valence electrons. The molecule has 27 heavy (non-hydrogen) atoms. The second-order valence-corrected chi connectivity index (χ2v) is 6.02. The lowest BCUT2D eigenvalue weighted by Gasteiger charge is -2.22. The Balaban J connectivity index is 1.84. The van der Waals surface area contributed by atoms with Crippen molar-refractivity contribution in [2.24, 2.45) is 0 Å². The molecule has 1 heterocycles. The minimum absolute atomic E-state index is 0.369.